The Labute approximate surface area is 289 Å². The van der Waals surface area contributed by atoms with Crippen LogP contribution in [0.4, 0.5) is 0 Å². The van der Waals surface area contributed by atoms with Gasteiger partial charge in [0.15, 0.2) is 0 Å². The average Bonchev–Trinajstić information content (AvgIpc) is 3.05. The Kier molecular flexibility index (Phi) is 16.0. The standard InChI is InChI=1S/C39H70N4O3S/c1-6-7-8-9-10-11-12-13-14-15-26-39(40-36-24-31-43(5)32-25-36,46-47(44,45)37-18-16-33(2)17-19-37)38(34-20-27-41(3)28-21-34)35-22-29-42(4)30-23-35/h16-19,34-36,38,40H,6-15,20-32H2,1-5H3. The van der Waals surface area contributed by atoms with Gasteiger partial charge in [-0.25, -0.2) is 4.18 Å². The number of likely N-dealkylation sites (tertiary alicyclic amines) is 3. The lowest BCUT2D eigenvalue weighted by Crippen LogP contribution is -2.63. The number of benzene rings is 1. The molecule has 3 aliphatic heterocycles. The van der Waals surface area contributed by atoms with Crippen molar-refractivity contribution in [2.24, 2.45) is 17.8 Å². The zero-order valence-corrected chi connectivity index (χ0v) is 31.7. The van der Waals surface area contributed by atoms with Gasteiger partial charge in [0.2, 0.25) is 0 Å². The van der Waals surface area contributed by atoms with Crippen molar-refractivity contribution in [2.45, 2.75) is 140 Å². The maximum absolute atomic E-state index is 14.4. The molecule has 0 spiro atoms. The third-order valence-corrected chi connectivity index (χ3v) is 13.1. The van der Waals surface area contributed by atoms with E-state index in [1.807, 2.05) is 19.1 Å². The molecule has 1 aromatic rings. The second-order valence-electron chi connectivity index (χ2n) is 15.7. The molecule has 0 saturated carbocycles. The van der Waals surface area contributed by atoms with Crippen LogP contribution in [0.15, 0.2) is 29.2 Å². The van der Waals surface area contributed by atoms with E-state index in [1.165, 1.54) is 51.4 Å². The van der Waals surface area contributed by atoms with E-state index in [9.17, 15) is 8.42 Å². The Hall–Kier alpha value is -1.03. The largest absolute Gasteiger partial charge is 0.306 e. The minimum absolute atomic E-state index is 0.156. The van der Waals surface area contributed by atoms with Gasteiger partial charge in [0.25, 0.3) is 10.1 Å². The smallest absolute Gasteiger partial charge is 0.298 e. The van der Waals surface area contributed by atoms with Crippen LogP contribution in [0.1, 0.15) is 122 Å². The fraction of sp³-hybridized carbons (Fsp3) is 0.846. The highest BCUT2D eigenvalue weighted by molar-refractivity contribution is 7.86. The van der Waals surface area contributed by atoms with Crippen LogP contribution in [0.5, 0.6) is 0 Å². The summed E-state index contributed by atoms with van der Waals surface area (Å²) in [6, 6.07) is 7.53. The number of aryl methyl sites for hydroxylation is 1. The molecule has 8 heteroatoms. The Balaban J connectivity index is 1.65. The number of hydrogen-bond acceptors (Lipinski definition) is 7. The molecule has 47 heavy (non-hydrogen) atoms. The average molecular weight is 675 g/mol. The van der Waals surface area contributed by atoms with Crippen LogP contribution in [0, 0.1) is 24.7 Å². The molecule has 0 bridgehead atoms. The SMILES string of the molecule is CCCCCCCCCCCCC(NC1CCN(C)CC1)(OS(=O)(=O)c1ccc(C)cc1)C(C1CCN(C)CC1)C1CCN(C)CC1. The minimum atomic E-state index is -4.00. The van der Waals surface area contributed by atoms with Crippen LogP contribution in [0.25, 0.3) is 0 Å². The van der Waals surface area contributed by atoms with Crippen LogP contribution in [-0.4, -0.2) is 95.3 Å². The van der Waals surface area contributed by atoms with Crippen LogP contribution in [0.2, 0.25) is 0 Å². The molecule has 3 fully saturated rings. The molecule has 4 rings (SSSR count). The number of rotatable bonds is 19. The molecule has 1 unspecified atom stereocenters. The maximum Gasteiger partial charge on any atom is 0.298 e. The van der Waals surface area contributed by atoms with E-state index in [-0.39, 0.29) is 16.9 Å². The van der Waals surface area contributed by atoms with Crippen molar-refractivity contribution < 1.29 is 12.6 Å². The molecule has 0 aliphatic carbocycles. The molecule has 0 aromatic heterocycles. The van der Waals surface area contributed by atoms with E-state index in [4.69, 9.17) is 4.18 Å². The third-order valence-electron chi connectivity index (χ3n) is 11.7. The van der Waals surface area contributed by atoms with Gasteiger partial charge in [-0.1, -0.05) is 82.4 Å². The summed E-state index contributed by atoms with van der Waals surface area (Å²) < 4.78 is 35.8. The molecule has 0 radical (unpaired) electrons. The summed E-state index contributed by atoms with van der Waals surface area (Å²) in [6.45, 7) is 10.6. The van der Waals surface area contributed by atoms with Crippen LogP contribution in [-0.2, 0) is 14.3 Å². The Morgan fingerprint density at radius 1 is 0.702 bits per heavy atom. The molecule has 1 aromatic carbocycles. The number of unbranched alkanes of at least 4 members (excludes halogenated alkanes) is 9. The van der Waals surface area contributed by atoms with Gasteiger partial charge in [-0.2, -0.15) is 8.42 Å². The molecule has 3 aliphatic rings. The summed E-state index contributed by atoms with van der Waals surface area (Å²) in [6.07, 6.45) is 19.9. The Bertz CT molecular complexity index is 1090. The zero-order valence-electron chi connectivity index (χ0n) is 30.9. The van der Waals surface area contributed by atoms with Crippen molar-refractivity contribution in [1.82, 2.24) is 20.0 Å². The van der Waals surface area contributed by atoms with E-state index in [1.54, 1.807) is 12.1 Å². The lowest BCUT2D eigenvalue weighted by atomic mass is 9.66. The number of piperidine rings is 3. The van der Waals surface area contributed by atoms with Crippen molar-refractivity contribution in [3.05, 3.63) is 29.8 Å². The first kappa shape index (κ1) is 38.8. The molecule has 270 valence electrons. The van der Waals surface area contributed by atoms with Gasteiger partial charge < -0.3 is 14.7 Å². The van der Waals surface area contributed by atoms with Gasteiger partial charge in [-0.05, 0) is 143 Å². The van der Waals surface area contributed by atoms with Gasteiger partial charge in [-0.15, -0.1) is 0 Å². The Morgan fingerprint density at radius 2 is 1.13 bits per heavy atom. The van der Waals surface area contributed by atoms with Crippen molar-refractivity contribution in [3.63, 3.8) is 0 Å². The fourth-order valence-electron chi connectivity index (χ4n) is 8.70. The highest BCUT2D eigenvalue weighted by atomic mass is 32.2. The first-order valence-electron chi connectivity index (χ1n) is 19.5. The second kappa shape index (κ2) is 19.4. The van der Waals surface area contributed by atoms with E-state index in [0.717, 1.165) is 103 Å². The van der Waals surface area contributed by atoms with E-state index in [0.29, 0.717) is 11.8 Å². The van der Waals surface area contributed by atoms with Crippen molar-refractivity contribution in [1.29, 1.82) is 0 Å². The molecule has 1 N–H and O–H groups in total. The number of nitrogens with zero attached hydrogens (tertiary/aromatic N) is 3. The van der Waals surface area contributed by atoms with Gasteiger partial charge in [0, 0.05) is 12.0 Å². The summed E-state index contributed by atoms with van der Waals surface area (Å²) in [5.74, 6) is 1.03. The van der Waals surface area contributed by atoms with Crippen molar-refractivity contribution in [3.8, 4) is 0 Å². The molecule has 0 amide bonds. The zero-order chi connectivity index (χ0) is 33.7. The monoisotopic (exact) mass is 675 g/mol. The molecule has 1 atom stereocenters. The first-order chi connectivity index (χ1) is 22.6. The van der Waals surface area contributed by atoms with E-state index >= 15 is 0 Å². The third kappa shape index (κ3) is 12.1. The van der Waals surface area contributed by atoms with Gasteiger partial charge in [0.1, 0.15) is 5.72 Å². The molecular formula is C39H70N4O3S. The Morgan fingerprint density at radius 3 is 1.60 bits per heavy atom. The van der Waals surface area contributed by atoms with Gasteiger partial charge in [-0.3, -0.25) is 5.32 Å². The van der Waals surface area contributed by atoms with Crippen LogP contribution < -0.4 is 5.32 Å². The van der Waals surface area contributed by atoms with Gasteiger partial charge >= 0.3 is 0 Å². The van der Waals surface area contributed by atoms with E-state index < -0.39 is 15.8 Å². The summed E-state index contributed by atoms with van der Waals surface area (Å²) in [5.41, 5.74) is 0.145. The second-order valence-corrected chi connectivity index (χ2v) is 17.2. The number of hydrogen-bond donors (Lipinski definition) is 1. The summed E-state index contributed by atoms with van der Waals surface area (Å²) in [7, 11) is 2.66. The molecular weight excluding hydrogens is 605 g/mol. The van der Waals surface area contributed by atoms with Crippen LogP contribution in [0.3, 0.4) is 0 Å². The predicted molar refractivity (Wildman–Crippen MR) is 196 cm³/mol. The highest BCUT2D eigenvalue weighted by Gasteiger charge is 2.52. The quantitative estimate of drug-likeness (QED) is 0.0917. The minimum Gasteiger partial charge on any atom is -0.306 e. The lowest BCUT2D eigenvalue weighted by molar-refractivity contribution is -0.103. The first-order valence-corrected chi connectivity index (χ1v) is 20.9. The summed E-state index contributed by atoms with van der Waals surface area (Å²) in [4.78, 5) is 7.57. The predicted octanol–water partition coefficient (Wildman–Crippen LogP) is 7.69. The van der Waals surface area contributed by atoms with Gasteiger partial charge in [0.05, 0.1) is 4.90 Å². The molecule has 3 saturated heterocycles. The topological polar surface area (TPSA) is 65.1 Å². The molecule has 7 nitrogen and oxygen atoms in total. The van der Waals surface area contributed by atoms with Crippen molar-refractivity contribution in [2.75, 3.05) is 60.4 Å². The normalized spacial score (nSPS) is 21.8. The lowest BCUT2D eigenvalue weighted by Gasteiger charge is -2.52. The number of nitrogens with one attached hydrogen (secondary N) is 1. The highest BCUT2D eigenvalue weighted by Crippen LogP contribution is 2.46. The fourth-order valence-corrected chi connectivity index (χ4v) is 9.90. The van der Waals surface area contributed by atoms with Crippen molar-refractivity contribution >= 4 is 10.1 Å². The van der Waals surface area contributed by atoms with E-state index in [2.05, 4.69) is 48.1 Å². The molecule has 3 heterocycles. The summed E-state index contributed by atoms with van der Waals surface area (Å²) in [5, 5.41) is 4.12. The summed E-state index contributed by atoms with van der Waals surface area (Å²) >= 11 is 0. The van der Waals surface area contributed by atoms with Crippen LogP contribution >= 0.6 is 0 Å². The maximum atomic E-state index is 14.4.